The zero-order valence-corrected chi connectivity index (χ0v) is 9.65. The fraction of sp³-hybridized carbons (Fsp3) is 0.615. The molecular weight excluding hydrogens is 198 g/mol. The first kappa shape index (κ1) is 10.2. The molecule has 0 amide bonds. The van der Waals surface area contributed by atoms with E-state index in [9.17, 15) is 0 Å². The number of nitrogens with zero attached hydrogens (tertiary/aromatic N) is 2. The lowest BCUT2D eigenvalue weighted by molar-refractivity contribution is -0.0282. The zero-order chi connectivity index (χ0) is 10.8. The summed E-state index contributed by atoms with van der Waals surface area (Å²) in [5, 5.41) is 3.44. The third kappa shape index (κ3) is 1.97. The highest BCUT2D eigenvalue weighted by Crippen LogP contribution is 2.39. The smallest absolute Gasteiger partial charge is 0.0312 e. The highest BCUT2D eigenvalue weighted by Gasteiger charge is 2.42. The summed E-state index contributed by atoms with van der Waals surface area (Å²) >= 11 is 0. The molecule has 2 saturated heterocycles. The molecule has 0 aliphatic carbocycles. The van der Waals surface area contributed by atoms with Crippen LogP contribution in [0.5, 0.6) is 0 Å². The lowest BCUT2D eigenvalue weighted by atomic mass is 9.72. The molecule has 3 nitrogen and oxygen atoms in total. The maximum atomic E-state index is 4.16. The van der Waals surface area contributed by atoms with Crippen LogP contribution < -0.4 is 5.32 Å². The Morgan fingerprint density at radius 3 is 2.81 bits per heavy atom. The van der Waals surface area contributed by atoms with E-state index in [4.69, 9.17) is 0 Å². The molecule has 2 fully saturated rings. The standard InChI is InChI=1S/C13H19N3/c1-2-12(8-15-5-1)9-16-10-13(11-16)3-6-14-7-4-13/h1-2,5,8,14H,3-4,6-7,9-11H2. The summed E-state index contributed by atoms with van der Waals surface area (Å²) in [6, 6.07) is 4.19. The van der Waals surface area contributed by atoms with Crippen LogP contribution in [0.1, 0.15) is 18.4 Å². The van der Waals surface area contributed by atoms with Gasteiger partial charge in [-0.05, 0) is 43.0 Å². The highest BCUT2D eigenvalue weighted by molar-refractivity contribution is 5.10. The van der Waals surface area contributed by atoms with Crippen molar-refractivity contribution >= 4 is 0 Å². The normalized spacial score (nSPS) is 24.2. The lowest BCUT2D eigenvalue weighted by Gasteiger charge is -2.52. The molecule has 16 heavy (non-hydrogen) atoms. The maximum absolute atomic E-state index is 4.16. The third-order valence-corrected chi connectivity index (χ3v) is 3.91. The molecule has 2 aliphatic rings. The lowest BCUT2D eigenvalue weighted by Crippen LogP contribution is -2.59. The van der Waals surface area contributed by atoms with Crippen LogP contribution in [-0.2, 0) is 6.54 Å². The molecule has 3 rings (SSSR count). The molecule has 0 unspecified atom stereocenters. The van der Waals surface area contributed by atoms with E-state index in [2.05, 4.69) is 21.3 Å². The largest absolute Gasteiger partial charge is 0.317 e. The Morgan fingerprint density at radius 2 is 2.12 bits per heavy atom. The fourth-order valence-corrected chi connectivity index (χ4v) is 3.04. The van der Waals surface area contributed by atoms with E-state index in [1.165, 1.54) is 44.6 Å². The summed E-state index contributed by atoms with van der Waals surface area (Å²) in [7, 11) is 0. The van der Waals surface area contributed by atoms with Crippen molar-refractivity contribution in [1.82, 2.24) is 15.2 Å². The van der Waals surface area contributed by atoms with Gasteiger partial charge in [0, 0.05) is 32.0 Å². The summed E-state index contributed by atoms with van der Waals surface area (Å²) in [5.74, 6) is 0. The van der Waals surface area contributed by atoms with Crippen molar-refractivity contribution in [2.75, 3.05) is 26.2 Å². The Balaban J connectivity index is 1.53. The number of piperidine rings is 1. The maximum Gasteiger partial charge on any atom is 0.0312 e. The molecule has 0 bridgehead atoms. The molecule has 0 saturated carbocycles. The van der Waals surface area contributed by atoms with E-state index >= 15 is 0 Å². The number of hydrogen-bond acceptors (Lipinski definition) is 3. The first-order chi connectivity index (χ1) is 7.86. The minimum Gasteiger partial charge on any atom is -0.317 e. The second kappa shape index (κ2) is 4.15. The molecule has 1 spiro atoms. The van der Waals surface area contributed by atoms with Crippen LogP contribution >= 0.6 is 0 Å². The van der Waals surface area contributed by atoms with Gasteiger partial charge in [0.2, 0.25) is 0 Å². The summed E-state index contributed by atoms with van der Waals surface area (Å²) in [5.41, 5.74) is 1.99. The van der Waals surface area contributed by atoms with E-state index < -0.39 is 0 Å². The predicted octanol–water partition coefficient (Wildman–Crippen LogP) is 1.27. The Bertz CT molecular complexity index is 335. The van der Waals surface area contributed by atoms with Gasteiger partial charge in [0.05, 0.1) is 0 Å². The Hall–Kier alpha value is -0.930. The van der Waals surface area contributed by atoms with Crippen molar-refractivity contribution in [2.24, 2.45) is 5.41 Å². The Morgan fingerprint density at radius 1 is 1.31 bits per heavy atom. The van der Waals surface area contributed by atoms with Gasteiger partial charge < -0.3 is 5.32 Å². The van der Waals surface area contributed by atoms with Crippen LogP contribution in [0.4, 0.5) is 0 Å². The van der Waals surface area contributed by atoms with E-state index in [-0.39, 0.29) is 0 Å². The fourth-order valence-electron chi connectivity index (χ4n) is 3.04. The first-order valence-electron chi connectivity index (χ1n) is 6.18. The SMILES string of the molecule is c1cncc(CN2CC3(CCNCC3)C2)c1. The Kier molecular flexibility index (Phi) is 2.65. The van der Waals surface area contributed by atoms with Crippen molar-refractivity contribution < 1.29 is 0 Å². The average Bonchev–Trinajstić information content (AvgIpc) is 2.30. The van der Waals surface area contributed by atoms with Crippen molar-refractivity contribution in [1.29, 1.82) is 0 Å². The van der Waals surface area contributed by atoms with Crippen LogP contribution in [0.25, 0.3) is 0 Å². The number of nitrogens with one attached hydrogen (secondary N) is 1. The summed E-state index contributed by atoms with van der Waals surface area (Å²) < 4.78 is 0. The van der Waals surface area contributed by atoms with Gasteiger partial charge >= 0.3 is 0 Å². The topological polar surface area (TPSA) is 28.2 Å². The number of pyridine rings is 1. The molecule has 1 aromatic heterocycles. The molecule has 3 heteroatoms. The quantitative estimate of drug-likeness (QED) is 0.808. The van der Waals surface area contributed by atoms with Gasteiger partial charge in [-0.25, -0.2) is 0 Å². The van der Waals surface area contributed by atoms with Gasteiger partial charge in [0.15, 0.2) is 0 Å². The molecule has 0 radical (unpaired) electrons. The minimum atomic E-state index is 0.646. The van der Waals surface area contributed by atoms with Crippen LogP contribution in [-0.4, -0.2) is 36.1 Å². The van der Waals surface area contributed by atoms with E-state index in [0.29, 0.717) is 5.41 Å². The van der Waals surface area contributed by atoms with Gasteiger partial charge in [-0.1, -0.05) is 6.07 Å². The average molecular weight is 217 g/mol. The van der Waals surface area contributed by atoms with Crippen LogP contribution in [0, 0.1) is 5.41 Å². The minimum absolute atomic E-state index is 0.646. The number of hydrogen-bond donors (Lipinski definition) is 1. The van der Waals surface area contributed by atoms with Gasteiger partial charge in [-0.3, -0.25) is 9.88 Å². The van der Waals surface area contributed by atoms with Crippen molar-refractivity contribution in [2.45, 2.75) is 19.4 Å². The molecule has 0 aromatic carbocycles. The van der Waals surface area contributed by atoms with Crippen molar-refractivity contribution in [3.05, 3.63) is 30.1 Å². The van der Waals surface area contributed by atoms with Crippen LogP contribution in [0.15, 0.2) is 24.5 Å². The van der Waals surface area contributed by atoms with Gasteiger partial charge in [0.1, 0.15) is 0 Å². The second-order valence-electron chi connectivity index (χ2n) is 5.26. The number of likely N-dealkylation sites (tertiary alicyclic amines) is 1. The third-order valence-electron chi connectivity index (χ3n) is 3.91. The molecule has 1 N–H and O–H groups in total. The van der Waals surface area contributed by atoms with Gasteiger partial charge in [0.25, 0.3) is 0 Å². The van der Waals surface area contributed by atoms with Crippen molar-refractivity contribution in [3.63, 3.8) is 0 Å². The molecule has 0 atom stereocenters. The molecule has 86 valence electrons. The van der Waals surface area contributed by atoms with E-state index in [1.807, 2.05) is 18.5 Å². The van der Waals surface area contributed by atoms with Crippen LogP contribution in [0.2, 0.25) is 0 Å². The Labute approximate surface area is 96.9 Å². The molecule has 3 heterocycles. The van der Waals surface area contributed by atoms with Crippen LogP contribution in [0.3, 0.4) is 0 Å². The molecule has 1 aromatic rings. The predicted molar refractivity (Wildman–Crippen MR) is 64.1 cm³/mol. The summed E-state index contributed by atoms with van der Waals surface area (Å²) in [4.78, 5) is 6.71. The summed E-state index contributed by atoms with van der Waals surface area (Å²) in [6.07, 6.45) is 6.54. The van der Waals surface area contributed by atoms with Gasteiger partial charge in [-0.15, -0.1) is 0 Å². The van der Waals surface area contributed by atoms with Gasteiger partial charge in [-0.2, -0.15) is 0 Å². The zero-order valence-electron chi connectivity index (χ0n) is 9.65. The second-order valence-corrected chi connectivity index (χ2v) is 5.26. The van der Waals surface area contributed by atoms with Crippen molar-refractivity contribution in [3.8, 4) is 0 Å². The molecular formula is C13H19N3. The monoisotopic (exact) mass is 217 g/mol. The number of rotatable bonds is 2. The summed E-state index contributed by atoms with van der Waals surface area (Å²) in [6.45, 7) is 6.05. The highest BCUT2D eigenvalue weighted by atomic mass is 15.2. The van der Waals surface area contributed by atoms with E-state index in [1.54, 1.807) is 0 Å². The number of aromatic nitrogens is 1. The molecule has 2 aliphatic heterocycles. The first-order valence-corrected chi connectivity index (χ1v) is 6.18. The van der Waals surface area contributed by atoms with E-state index in [0.717, 1.165) is 6.54 Å².